The molecular weight excluding hydrogens is 104 g/mol. The Bertz CT molecular complexity index is 88.5. The largest absolute Gasteiger partial charge is 0.396 e. The van der Waals surface area contributed by atoms with Crippen molar-refractivity contribution >= 4 is 0 Å². The molecule has 0 saturated heterocycles. The molecule has 1 N–H and O–H groups in total. The van der Waals surface area contributed by atoms with Crippen molar-refractivity contribution in [1.29, 1.82) is 0 Å². The topological polar surface area (TPSA) is 29.5 Å². The first-order valence-electron chi connectivity index (χ1n) is 2.78. The van der Waals surface area contributed by atoms with Gasteiger partial charge in [-0.05, 0) is 0 Å². The van der Waals surface area contributed by atoms with Gasteiger partial charge in [-0.3, -0.25) is 0 Å². The van der Waals surface area contributed by atoms with E-state index in [1.165, 1.54) is 0 Å². The van der Waals surface area contributed by atoms with Crippen LogP contribution in [0.25, 0.3) is 0 Å². The van der Waals surface area contributed by atoms with Crippen LogP contribution in [-0.4, -0.2) is 24.9 Å². The standard InChI is InChI=1S/C6H10O2/c7-4-6-2-1-3-8-5-6/h1-2,6-7H,3-5H2. The maximum Gasteiger partial charge on any atom is 0.0647 e. The van der Waals surface area contributed by atoms with E-state index in [9.17, 15) is 0 Å². The summed E-state index contributed by atoms with van der Waals surface area (Å²) in [6.07, 6.45) is 3.92. The fraction of sp³-hybridized carbons (Fsp3) is 0.667. The van der Waals surface area contributed by atoms with Gasteiger partial charge >= 0.3 is 0 Å². The summed E-state index contributed by atoms with van der Waals surface area (Å²) >= 11 is 0. The van der Waals surface area contributed by atoms with E-state index in [4.69, 9.17) is 9.84 Å². The average Bonchev–Trinajstić information content (AvgIpc) is 1.90. The molecule has 1 unspecified atom stereocenters. The third-order valence-corrected chi connectivity index (χ3v) is 1.19. The van der Waals surface area contributed by atoms with E-state index in [2.05, 4.69) is 0 Å². The van der Waals surface area contributed by atoms with Crippen molar-refractivity contribution in [2.24, 2.45) is 5.92 Å². The number of aliphatic hydroxyl groups is 1. The minimum atomic E-state index is 0.205. The van der Waals surface area contributed by atoms with Gasteiger partial charge in [-0.15, -0.1) is 0 Å². The summed E-state index contributed by atoms with van der Waals surface area (Å²) in [5.74, 6) is 0.240. The Balaban J connectivity index is 2.32. The maximum absolute atomic E-state index is 8.56. The molecule has 0 spiro atoms. The van der Waals surface area contributed by atoms with Gasteiger partial charge in [0.25, 0.3) is 0 Å². The molecule has 0 aliphatic carbocycles. The third-order valence-electron chi connectivity index (χ3n) is 1.19. The molecule has 0 aromatic heterocycles. The smallest absolute Gasteiger partial charge is 0.0647 e. The van der Waals surface area contributed by atoms with E-state index < -0.39 is 0 Å². The van der Waals surface area contributed by atoms with Crippen molar-refractivity contribution in [3.05, 3.63) is 12.2 Å². The van der Waals surface area contributed by atoms with Crippen molar-refractivity contribution in [3.8, 4) is 0 Å². The highest BCUT2D eigenvalue weighted by Gasteiger charge is 2.04. The fourth-order valence-corrected chi connectivity index (χ4v) is 0.705. The summed E-state index contributed by atoms with van der Waals surface area (Å²) in [6, 6.07) is 0. The first-order valence-corrected chi connectivity index (χ1v) is 2.78. The molecule has 0 fully saturated rings. The molecule has 1 aliphatic rings. The van der Waals surface area contributed by atoms with Crippen LogP contribution in [0.2, 0.25) is 0 Å². The Labute approximate surface area is 48.8 Å². The van der Waals surface area contributed by atoms with E-state index >= 15 is 0 Å². The summed E-state index contributed by atoms with van der Waals surface area (Å²) in [6.45, 7) is 1.58. The molecule has 8 heavy (non-hydrogen) atoms. The highest BCUT2D eigenvalue weighted by molar-refractivity contribution is 4.91. The van der Waals surface area contributed by atoms with Crippen LogP contribution in [0.3, 0.4) is 0 Å². The van der Waals surface area contributed by atoms with E-state index in [0.29, 0.717) is 13.2 Å². The second kappa shape index (κ2) is 2.84. The van der Waals surface area contributed by atoms with Crippen molar-refractivity contribution in [1.82, 2.24) is 0 Å². The monoisotopic (exact) mass is 114 g/mol. The van der Waals surface area contributed by atoms with Gasteiger partial charge in [0, 0.05) is 5.92 Å². The van der Waals surface area contributed by atoms with Crippen LogP contribution in [0, 0.1) is 5.92 Å². The Kier molecular flexibility index (Phi) is 2.06. The number of rotatable bonds is 1. The average molecular weight is 114 g/mol. The lowest BCUT2D eigenvalue weighted by Crippen LogP contribution is -2.15. The normalized spacial score (nSPS) is 28.4. The van der Waals surface area contributed by atoms with E-state index in [1.807, 2.05) is 12.2 Å². The van der Waals surface area contributed by atoms with Crippen molar-refractivity contribution in [2.45, 2.75) is 0 Å². The lowest BCUT2D eigenvalue weighted by Gasteiger charge is -2.12. The minimum absolute atomic E-state index is 0.205. The van der Waals surface area contributed by atoms with Crippen molar-refractivity contribution in [2.75, 3.05) is 19.8 Å². The van der Waals surface area contributed by atoms with Crippen LogP contribution in [0.5, 0.6) is 0 Å². The molecule has 2 nitrogen and oxygen atoms in total. The first kappa shape index (κ1) is 5.79. The van der Waals surface area contributed by atoms with Gasteiger partial charge in [0.15, 0.2) is 0 Å². The van der Waals surface area contributed by atoms with E-state index in [1.54, 1.807) is 0 Å². The predicted molar refractivity (Wildman–Crippen MR) is 30.5 cm³/mol. The minimum Gasteiger partial charge on any atom is -0.396 e. The summed E-state index contributed by atoms with van der Waals surface area (Å²) < 4.78 is 5.03. The number of aliphatic hydroxyl groups excluding tert-OH is 1. The molecule has 0 radical (unpaired) electrons. The maximum atomic E-state index is 8.56. The van der Waals surface area contributed by atoms with Gasteiger partial charge in [0.1, 0.15) is 0 Å². The molecule has 46 valence electrons. The molecule has 0 saturated carbocycles. The summed E-state index contributed by atoms with van der Waals surface area (Å²) in [7, 11) is 0. The lowest BCUT2D eigenvalue weighted by atomic mass is 10.1. The van der Waals surface area contributed by atoms with Crippen molar-refractivity contribution in [3.63, 3.8) is 0 Å². The molecule has 1 atom stereocenters. The van der Waals surface area contributed by atoms with Gasteiger partial charge in [0.2, 0.25) is 0 Å². The Morgan fingerprint density at radius 1 is 1.75 bits per heavy atom. The summed E-state index contributed by atoms with van der Waals surface area (Å²) in [5.41, 5.74) is 0. The highest BCUT2D eigenvalue weighted by atomic mass is 16.5. The van der Waals surface area contributed by atoms with Crippen LogP contribution in [-0.2, 0) is 4.74 Å². The molecule has 1 rings (SSSR count). The number of hydrogen-bond donors (Lipinski definition) is 1. The van der Waals surface area contributed by atoms with Crippen molar-refractivity contribution < 1.29 is 9.84 Å². The second-order valence-corrected chi connectivity index (χ2v) is 1.91. The molecule has 2 heteroatoms. The van der Waals surface area contributed by atoms with Gasteiger partial charge in [-0.25, -0.2) is 0 Å². The van der Waals surface area contributed by atoms with Crippen LogP contribution in [0.4, 0.5) is 0 Å². The van der Waals surface area contributed by atoms with Crippen LogP contribution >= 0.6 is 0 Å². The Hall–Kier alpha value is -0.340. The zero-order valence-electron chi connectivity index (χ0n) is 4.71. The molecule has 0 aromatic carbocycles. The van der Waals surface area contributed by atoms with Gasteiger partial charge < -0.3 is 9.84 Å². The molecule has 1 aliphatic heterocycles. The SMILES string of the molecule is OCC1C=CCOC1. The van der Waals surface area contributed by atoms with E-state index in [-0.39, 0.29) is 12.5 Å². The van der Waals surface area contributed by atoms with Crippen LogP contribution < -0.4 is 0 Å². The third kappa shape index (κ3) is 1.32. The van der Waals surface area contributed by atoms with Gasteiger partial charge in [0.05, 0.1) is 19.8 Å². The molecular formula is C6H10O2. The van der Waals surface area contributed by atoms with Gasteiger partial charge in [-0.2, -0.15) is 0 Å². The Morgan fingerprint density at radius 3 is 3.00 bits per heavy atom. The second-order valence-electron chi connectivity index (χ2n) is 1.91. The van der Waals surface area contributed by atoms with Crippen LogP contribution in [0.15, 0.2) is 12.2 Å². The highest BCUT2D eigenvalue weighted by Crippen LogP contribution is 2.03. The van der Waals surface area contributed by atoms with Crippen LogP contribution in [0.1, 0.15) is 0 Å². The summed E-state index contributed by atoms with van der Waals surface area (Å²) in [4.78, 5) is 0. The predicted octanol–water partition coefficient (Wildman–Crippen LogP) is 0.181. The van der Waals surface area contributed by atoms with Gasteiger partial charge in [-0.1, -0.05) is 12.2 Å². The number of hydrogen-bond acceptors (Lipinski definition) is 2. The zero-order valence-corrected chi connectivity index (χ0v) is 4.71. The molecule has 0 bridgehead atoms. The zero-order chi connectivity index (χ0) is 5.82. The first-order chi connectivity index (χ1) is 3.93. The molecule has 0 amide bonds. The molecule has 1 heterocycles. The number of ether oxygens (including phenoxy) is 1. The Morgan fingerprint density at radius 2 is 2.62 bits per heavy atom. The quantitative estimate of drug-likeness (QED) is 0.493. The fourth-order valence-electron chi connectivity index (χ4n) is 0.705. The summed E-state index contributed by atoms with van der Waals surface area (Å²) in [5, 5.41) is 8.56. The molecule has 0 aromatic rings. The van der Waals surface area contributed by atoms with E-state index in [0.717, 1.165) is 0 Å². The lowest BCUT2D eigenvalue weighted by molar-refractivity contribution is 0.0974.